The highest BCUT2D eigenvalue weighted by Gasteiger charge is 2.13. The van der Waals surface area contributed by atoms with Crippen LogP contribution in [-0.4, -0.2) is 30.2 Å². The van der Waals surface area contributed by atoms with Gasteiger partial charge in [0.25, 0.3) is 0 Å². The Balaban J connectivity index is 2.53. The van der Waals surface area contributed by atoms with E-state index in [2.05, 4.69) is 10.1 Å². The van der Waals surface area contributed by atoms with Gasteiger partial charge in [-0.3, -0.25) is 10.1 Å². The van der Waals surface area contributed by atoms with Crippen molar-refractivity contribution < 1.29 is 29.0 Å². The molecule has 0 bridgehead atoms. The molecule has 1 rings (SSSR count). The molecule has 0 aliphatic carbocycles. The topological polar surface area (TPSA) is 102 Å². The summed E-state index contributed by atoms with van der Waals surface area (Å²) in [5.74, 6) is -2.00. The predicted molar refractivity (Wildman–Crippen MR) is 72.1 cm³/mol. The predicted octanol–water partition coefficient (Wildman–Crippen LogP) is 1.44. The lowest BCUT2D eigenvalue weighted by Gasteiger charge is -2.07. The third-order valence-corrected chi connectivity index (χ3v) is 2.38. The van der Waals surface area contributed by atoms with Gasteiger partial charge in [0.15, 0.2) is 0 Å². The van der Waals surface area contributed by atoms with Crippen LogP contribution in [0, 0.1) is 0 Å². The smallest absolute Gasteiger partial charge is 0.412 e. The third kappa shape index (κ3) is 6.24. The van der Waals surface area contributed by atoms with Crippen LogP contribution in [0.1, 0.15) is 12.0 Å². The van der Waals surface area contributed by atoms with E-state index < -0.39 is 23.7 Å². The number of hydrogen-bond acceptors (Lipinski definition) is 5. The third-order valence-electron chi connectivity index (χ3n) is 2.38. The van der Waals surface area contributed by atoms with E-state index in [4.69, 9.17) is 9.84 Å². The molecule has 0 saturated carbocycles. The monoisotopic (exact) mass is 293 g/mol. The lowest BCUT2D eigenvalue weighted by Crippen LogP contribution is -2.28. The van der Waals surface area contributed by atoms with Gasteiger partial charge in [-0.25, -0.2) is 9.59 Å². The molecule has 1 aromatic carbocycles. The van der Waals surface area contributed by atoms with Crippen molar-refractivity contribution in [2.45, 2.75) is 13.0 Å². The van der Waals surface area contributed by atoms with Gasteiger partial charge in [-0.1, -0.05) is 30.3 Å². The number of carbonyl (C=O) groups is 3. The second kappa shape index (κ2) is 8.36. The normalized spacial score (nSPS) is 10.6. The van der Waals surface area contributed by atoms with E-state index in [9.17, 15) is 14.4 Å². The number of nitrogens with one attached hydrogen (secondary N) is 1. The number of esters is 1. The van der Waals surface area contributed by atoms with Gasteiger partial charge in [0, 0.05) is 0 Å². The van der Waals surface area contributed by atoms with Crippen molar-refractivity contribution in [1.29, 1.82) is 0 Å². The molecule has 7 heteroatoms. The highest BCUT2D eigenvalue weighted by molar-refractivity contribution is 5.91. The van der Waals surface area contributed by atoms with Crippen LogP contribution in [0.25, 0.3) is 0 Å². The average Bonchev–Trinajstić information content (AvgIpc) is 2.49. The van der Waals surface area contributed by atoms with Gasteiger partial charge < -0.3 is 14.6 Å². The van der Waals surface area contributed by atoms with Crippen molar-refractivity contribution in [3.63, 3.8) is 0 Å². The van der Waals surface area contributed by atoms with Gasteiger partial charge in [0.1, 0.15) is 12.3 Å². The molecule has 7 nitrogen and oxygen atoms in total. The number of rotatable bonds is 6. The number of amides is 1. The van der Waals surface area contributed by atoms with Crippen LogP contribution in [-0.2, 0) is 25.7 Å². The van der Waals surface area contributed by atoms with Crippen molar-refractivity contribution in [3.05, 3.63) is 47.7 Å². The summed E-state index contributed by atoms with van der Waals surface area (Å²) in [7, 11) is 1.18. The molecular weight excluding hydrogens is 278 g/mol. The summed E-state index contributed by atoms with van der Waals surface area (Å²) >= 11 is 0. The molecule has 0 unspecified atom stereocenters. The van der Waals surface area contributed by atoms with Gasteiger partial charge in [0.05, 0.1) is 13.5 Å². The summed E-state index contributed by atoms with van der Waals surface area (Å²) in [4.78, 5) is 33.3. The number of hydrogen-bond donors (Lipinski definition) is 2. The lowest BCUT2D eigenvalue weighted by molar-refractivity contribution is -0.139. The molecule has 0 aromatic heterocycles. The maximum Gasteiger partial charge on any atom is 0.412 e. The van der Waals surface area contributed by atoms with Crippen molar-refractivity contribution in [2.24, 2.45) is 0 Å². The molecule has 0 aliphatic rings. The summed E-state index contributed by atoms with van der Waals surface area (Å²) < 4.78 is 9.24. The Morgan fingerprint density at radius 3 is 2.48 bits per heavy atom. The Hall–Kier alpha value is -2.83. The Kier molecular flexibility index (Phi) is 6.46. The summed E-state index contributed by atoms with van der Waals surface area (Å²) in [5, 5.41) is 11.0. The zero-order chi connectivity index (χ0) is 15.7. The first-order valence-corrected chi connectivity index (χ1v) is 6.01. The molecule has 0 heterocycles. The minimum absolute atomic E-state index is 0.0105. The minimum atomic E-state index is -1.38. The number of ether oxygens (including phenoxy) is 2. The fourth-order valence-corrected chi connectivity index (χ4v) is 1.33. The zero-order valence-electron chi connectivity index (χ0n) is 11.4. The Bertz CT molecular complexity index is 538. The van der Waals surface area contributed by atoms with E-state index in [1.807, 2.05) is 6.07 Å². The van der Waals surface area contributed by atoms with E-state index in [0.717, 1.165) is 11.6 Å². The quantitative estimate of drug-likeness (QED) is 0.608. The second-order valence-electron chi connectivity index (χ2n) is 3.89. The largest absolute Gasteiger partial charge is 0.477 e. The molecule has 21 heavy (non-hydrogen) atoms. The molecule has 0 saturated heterocycles. The standard InChI is InChI=1S/C14H15NO6/c1-20-12(16)8-7-11(13(17)18)15-14(19)21-9-10-5-3-2-4-6-10/h2-7H,8-9H2,1H3,(H,15,19)(H,17,18)/b11-7+. The molecule has 1 aromatic rings. The van der Waals surface area contributed by atoms with Crippen molar-refractivity contribution >= 4 is 18.0 Å². The molecular formula is C14H15NO6. The molecule has 0 radical (unpaired) electrons. The number of carboxylic acid groups (broad SMARTS) is 1. The highest BCUT2D eigenvalue weighted by Crippen LogP contribution is 2.02. The van der Waals surface area contributed by atoms with Crippen LogP contribution >= 0.6 is 0 Å². The first kappa shape index (κ1) is 16.2. The SMILES string of the molecule is COC(=O)C/C=C(/NC(=O)OCc1ccccc1)C(=O)O. The molecule has 0 spiro atoms. The van der Waals surface area contributed by atoms with E-state index >= 15 is 0 Å². The van der Waals surface area contributed by atoms with Crippen LogP contribution in [0.3, 0.4) is 0 Å². The maximum atomic E-state index is 11.5. The van der Waals surface area contributed by atoms with Crippen LogP contribution in [0.15, 0.2) is 42.1 Å². The summed E-state index contributed by atoms with van der Waals surface area (Å²) in [6.45, 7) is 0.0105. The summed E-state index contributed by atoms with van der Waals surface area (Å²) in [6.07, 6.45) is -0.146. The first-order valence-electron chi connectivity index (χ1n) is 6.01. The van der Waals surface area contributed by atoms with E-state index in [1.165, 1.54) is 7.11 Å². The zero-order valence-corrected chi connectivity index (χ0v) is 11.4. The minimum Gasteiger partial charge on any atom is -0.477 e. The number of methoxy groups -OCH3 is 1. The van der Waals surface area contributed by atoms with Crippen molar-refractivity contribution in [3.8, 4) is 0 Å². The molecule has 0 atom stereocenters. The van der Waals surface area contributed by atoms with Gasteiger partial charge in [-0.15, -0.1) is 0 Å². The van der Waals surface area contributed by atoms with Crippen molar-refractivity contribution in [1.82, 2.24) is 5.32 Å². The van der Waals surface area contributed by atoms with Gasteiger partial charge in [0.2, 0.25) is 0 Å². The van der Waals surface area contributed by atoms with Crippen molar-refractivity contribution in [2.75, 3.05) is 7.11 Å². The number of benzene rings is 1. The summed E-state index contributed by atoms with van der Waals surface area (Å²) in [5.41, 5.74) is 0.321. The first-order chi connectivity index (χ1) is 10.0. The second-order valence-corrected chi connectivity index (χ2v) is 3.89. The molecule has 112 valence electrons. The van der Waals surface area contributed by atoms with Crippen LogP contribution in [0.5, 0.6) is 0 Å². The Morgan fingerprint density at radius 2 is 1.90 bits per heavy atom. The molecule has 0 fully saturated rings. The highest BCUT2D eigenvalue weighted by atomic mass is 16.5. The van der Waals surface area contributed by atoms with Crippen LogP contribution in [0.2, 0.25) is 0 Å². The molecule has 0 aliphatic heterocycles. The molecule has 1 amide bonds. The number of carbonyl (C=O) groups excluding carboxylic acids is 2. The van der Waals surface area contributed by atoms with Gasteiger partial charge >= 0.3 is 18.0 Å². The van der Waals surface area contributed by atoms with Crippen LogP contribution in [0.4, 0.5) is 4.79 Å². The Morgan fingerprint density at radius 1 is 1.24 bits per heavy atom. The van der Waals surface area contributed by atoms with E-state index in [0.29, 0.717) is 0 Å². The number of alkyl carbamates (subject to hydrolysis) is 1. The van der Waals surface area contributed by atoms with Gasteiger partial charge in [-0.2, -0.15) is 0 Å². The van der Waals surface area contributed by atoms with Crippen LogP contribution < -0.4 is 5.32 Å². The fourth-order valence-electron chi connectivity index (χ4n) is 1.33. The lowest BCUT2D eigenvalue weighted by atomic mass is 10.2. The number of aliphatic carboxylic acids is 1. The molecule has 2 N–H and O–H groups in total. The van der Waals surface area contributed by atoms with E-state index in [-0.39, 0.29) is 13.0 Å². The van der Waals surface area contributed by atoms with Gasteiger partial charge in [-0.05, 0) is 11.6 Å². The Labute approximate surface area is 121 Å². The fraction of sp³-hybridized carbons (Fsp3) is 0.214. The average molecular weight is 293 g/mol. The number of carboxylic acids is 1. The van der Waals surface area contributed by atoms with E-state index in [1.54, 1.807) is 24.3 Å². The maximum absolute atomic E-state index is 11.5. The summed E-state index contributed by atoms with van der Waals surface area (Å²) in [6, 6.07) is 8.92.